The van der Waals surface area contributed by atoms with Crippen molar-refractivity contribution in [3.05, 3.63) is 35.9 Å². The Labute approximate surface area is 94.8 Å². The van der Waals surface area contributed by atoms with Gasteiger partial charge < -0.3 is 14.4 Å². The molecular formula is C12H15NO3. The zero-order chi connectivity index (χ0) is 11.8. The van der Waals surface area contributed by atoms with Gasteiger partial charge in [-0.2, -0.15) is 0 Å². The number of amides is 1. The highest BCUT2D eigenvalue weighted by atomic mass is 16.6. The van der Waals surface area contributed by atoms with Gasteiger partial charge in [0.15, 0.2) is 0 Å². The summed E-state index contributed by atoms with van der Waals surface area (Å²) in [6, 6.07) is 9.42. The van der Waals surface area contributed by atoms with Crippen molar-refractivity contribution in [2.45, 2.75) is 13.5 Å². The number of hydrogen-bond acceptors (Lipinski definition) is 3. The fraction of sp³-hybridized carbons (Fsp3) is 0.333. The maximum Gasteiger partial charge on any atom is 0.410 e. The van der Waals surface area contributed by atoms with Crippen molar-refractivity contribution in [1.82, 2.24) is 4.90 Å². The van der Waals surface area contributed by atoms with Crippen molar-refractivity contribution in [2.24, 2.45) is 0 Å². The first kappa shape index (κ1) is 12.2. The van der Waals surface area contributed by atoms with Crippen LogP contribution in [0.1, 0.15) is 12.5 Å². The van der Waals surface area contributed by atoms with E-state index in [1.54, 1.807) is 6.92 Å². The zero-order valence-electron chi connectivity index (χ0n) is 9.26. The Balaban J connectivity index is 2.42. The van der Waals surface area contributed by atoms with Gasteiger partial charge in [0.2, 0.25) is 0 Å². The number of benzene rings is 1. The van der Waals surface area contributed by atoms with Crippen molar-refractivity contribution in [3.8, 4) is 0 Å². The lowest BCUT2D eigenvalue weighted by Crippen LogP contribution is -2.32. The second-order valence-corrected chi connectivity index (χ2v) is 3.25. The molecule has 0 saturated heterocycles. The Bertz CT molecular complexity index is 337. The van der Waals surface area contributed by atoms with Crippen molar-refractivity contribution in [2.75, 3.05) is 13.1 Å². The molecule has 0 radical (unpaired) electrons. The van der Waals surface area contributed by atoms with E-state index in [1.165, 1.54) is 4.90 Å². The number of likely N-dealkylation sites (N-methyl/N-ethyl adjacent to an activating group) is 1. The molecule has 1 rings (SSSR count). The van der Waals surface area contributed by atoms with Gasteiger partial charge in [-0.25, -0.2) is 4.79 Å². The minimum Gasteiger partial charge on any atom is -0.445 e. The van der Waals surface area contributed by atoms with E-state index in [9.17, 15) is 9.59 Å². The lowest BCUT2D eigenvalue weighted by atomic mass is 10.2. The van der Waals surface area contributed by atoms with Crippen LogP contribution >= 0.6 is 0 Å². The van der Waals surface area contributed by atoms with E-state index in [2.05, 4.69) is 0 Å². The molecule has 0 bridgehead atoms. The summed E-state index contributed by atoms with van der Waals surface area (Å²) >= 11 is 0. The zero-order valence-corrected chi connectivity index (χ0v) is 9.26. The van der Waals surface area contributed by atoms with Crippen LogP contribution in [0.15, 0.2) is 30.3 Å². The molecule has 1 amide bonds. The van der Waals surface area contributed by atoms with E-state index in [-0.39, 0.29) is 13.2 Å². The number of nitrogens with zero attached hydrogens (tertiary/aromatic N) is 1. The lowest BCUT2D eigenvalue weighted by molar-refractivity contribution is -0.108. The van der Waals surface area contributed by atoms with Gasteiger partial charge in [-0.1, -0.05) is 30.3 Å². The summed E-state index contributed by atoms with van der Waals surface area (Å²) in [7, 11) is 0. The molecule has 1 aromatic carbocycles. The van der Waals surface area contributed by atoms with E-state index < -0.39 is 6.09 Å². The van der Waals surface area contributed by atoms with Crippen LogP contribution in [0, 0.1) is 0 Å². The minimum atomic E-state index is -0.460. The molecule has 0 atom stereocenters. The SMILES string of the molecule is CCN(CC=O)C(=O)OCc1ccccc1. The smallest absolute Gasteiger partial charge is 0.410 e. The molecule has 0 N–H and O–H groups in total. The Morgan fingerprint density at radius 2 is 2.06 bits per heavy atom. The van der Waals surface area contributed by atoms with Gasteiger partial charge in [-0.05, 0) is 12.5 Å². The van der Waals surface area contributed by atoms with E-state index in [4.69, 9.17) is 4.74 Å². The minimum absolute atomic E-state index is 0.0735. The first-order valence-corrected chi connectivity index (χ1v) is 5.17. The van der Waals surface area contributed by atoms with E-state index in [1.807, 2.05) is 30.3 Å². The molecule has 0 aliphatic heterocycles. The lowest BCUT2D eigenvalue weighted by Gasteiger charge is -2.17. The summed E-state index contributed by atoms with van der Waals surface area (Å²) in [5, 5.41) is 0. The summed E-state index contributed by atoms with van der Waals surface area (Å²) in [5.41, 5.74) is 0.929. The van der Waals surface area contributed by atoms with E-state index >= 15 is 0 Å². The van der Waals surface area contributed by atoms with Crippen LogP contribution in [0.25, 0.3) is 0 Å². The third-order valence-corrected chi connectivity index (χ3v) is 2.14. The van der Waals surface area contributed by atoms with Crippen LogP contribution in [0.5, 0.6) is 0 Å². The average molecular weight is 221 g/mol. The first-order valence-electron chi connectivity index (χ1n) is 5.17. The van der Waals surface area contributed by atoms with Crippen LogP contribution in [0.3, 0.4) is 0 Å². The predicted octanol–water partition coefficient (Wildman–Crippen LogP) is 1.84. The quantitative estimate of drug-likeness (QED) is 0.713. The van der Waals surface area contributed by atoms with Crippen molar-refractivity contribution >= 4 is 12.4 Å². The van der Waals surface area contributed by atoms with Gasteiger partial charge in [0.1, 0.15) is 12.9 Å². The fourth-order valence-electron chi connectivity index (χ4n) is 1.23. The summed E-state index contributed by atoms with van der Waals surface area (Å²) in [5.74, 6) is 0. The fourth-order valence-corrected chi connectivity index (χ4v) is 1.23. The molecule has 0 aliphatic carbocycles. The van der Waals surface area contributed by atoms with Gasteiger partial charge in [-0.3, -0.25) is 0 Å². The molecule has 0 unspecified atom stereocenters. The van der Waals surface area contributed by atoms with Crippen LogP contribution in [-0.2, 0) is 16.1 Å². The molecule has 0 saturated carbocycles. The molecule has 0 aliphatic rings. The van der Waals surface area contributed by atoms with Gasteiger partial charge in [0.05, 0.1) is 6.54 Å². The summed E-state index contributed by atoms with van der Waals surface area (Å²) in [6.07, 6.45) is 0.228. The van der Waals surface area contributed by atoms with E-state index in [0.717, 1.165) is 5.56 Å². The largest absolute Gasteiger partial charge is 0.445 e. The Morgan fingerprint density at radius 3 is 2.62 bits per heavy atom. The highest BCUT2D eigenvalue weighted by Crippen LogP contribution is 2.02. The monoisotopic (exact) mass is 221 g/mol. The molecule has 0 aromatic heterocycles. The number of hydrogen-bond donors (Lipinski definition) is 0. The number of carbonyl (C=O) groups is 2. The average Bonchev–Trinajstić information content (AvgIpc) is 2.34. The standard InChI is InChI=1S/C12H15NO3/c1-2-13(8-9-14)12(15)16-10-11-6-4-3-5-7-11/h3-7,9H,2,8,10H2,1H3. The Morgan fingerprint density at radius 1 is 1.38 bits per heavy atom. The number of aldehydes is 1. The second kappa shape index (κ2) is 6.61. The normalized spacial score (nSPS) is 9.56. The number of rotatable bonds is 5. The molecule has 0 fully saturated rings. The summed E-state index contributed by atoms with van der Waals surface area (Å²) < 4.78 is 5.06. The van der Waals surface area contributed by atoms with Crippen LogP contribution < -0.4 is 0 Å². The first-order chi connectivity index (χ1) is 7.77. The number of carbonyl (C=O) groups excluding carboxylic acids is 2. The topological polar surface area (TPSA) is 46.6 Å². The summed E-state index contributed by atoms with van der Waals surface area (Å²) in [6.45, 7) is 2.57. The van der Waals surface area contributed by atoms with Crippen LogP contribution in [0.2, 0.25) is 0 Å². The van der Waals surface area contributed by atoms with E-state index in [0.29, 0.717) is 12.8 Å². The van der Waals surface area contributed by atoms with Gasteiger partial charge >= 0.3 is 6.09 Å². The predicted molar refractivity (Wildman–Crippen MR) is 59.9 cm³/mol. The molecule has 4 nitrogen and oxygen atoms in total. The third kappa shape index (κ3) is 3.73. The van der Waals surface area contributed by atoms with Crippen molar-refractivity contribution in [1.29, 1.82) is 0 Å². The highest BCUT2D eigenvalue weighted by molar-refractivity contribution is 5.71. The number of ether oxygens (including phenoxy) is 1. The van der Waals surface area contributed by atoms with Gasteiger partial charge in [0, 0.05) is 6.54 Å². The molecule has 1 aromatic rings. The second-order valence-electron chi connectivity index (χ2n) is 3.25. The van der Waals surface area contributed by atoms with Crippen LogP contribution in [-0.4, -0.2) is 30.4 Å². The molecule has 86 valence electrons. The Kier molecular flexibility index (Phi) is 5.05. The molecule has 0 heterocycles. The molecule has 0 spiro atoms. The van der Waals surface area contributed by atoms with Gasteiger partial charge in [-0.15, -0.1) is 0 Å². The van der Waals surface area contributed by atoms with Crippen molar-refractivity contribution in [3.63, 3.8) is 0 Å². The maximum absolute atomic E-state index is 11.5. The van der Waals surface area contributed by atoms with Crippen LogP contribution in [0.4, 0.5) is 4.79 Å². The summed E-state index contributed by atoms with van der Waals surface area (Å²) in [4.78, 5) is 23.1. The molecular weight excluding hydrogens is 206 g/mol. The molecule has 16 heavy (non-hydrogen) atoms. The van der Waals surface area contributed by atoms with Gasteiger partial charge in [0.25, 0.3) is 0 Å². The Hall–Kier alpha value is -1.84. The van der Waals surface area contributed by atoms with Crippen molar-refractivity contribution < 1.29 is 14.3 Å². The highest BCUT2D eigenvalue weighted by Gasteiger charge is 2.11. The third-order valence-electron chi connectivity index (χ3n) is 2.14. The molecule has 4 heteroatoms. The maximum atomic E-state index is 11.5.